The number of thioether (sulfide) groups is 1. The van der Waals surface area contributed by atoms with Gasteiger partial charge in [0.05, 0.1) is 11.8 Å². The molecule has 0 aromatic heterocycles. The van der Waals surface area contributed by atoms with Gasteiger partial charge in [-0.2, -0.15) is 0 Å². The van der Waals surface area contributed by atoms with E-state index in [1.807, 2.05) is 13.0 Å². The highest BCUT2D eigenvalue weighted by molar-refractivity contribution is 8.00. The Labute approximate surface area is 124 Å². The quantitative estimate of drug-likeness (QED) is 0.857. The summed E-state index contributed by atoms with van der Waals surface area (Å²) in [5, 5.41) is 0.314. The van der Waals surface area contributed by atoms with E-state index in [9.17, 15) is 8.42 Å². The van der Waals surface area contributed by atoms with E-state index in [1.54, 1.807) is 23.9 Å². The molecule has 7 heteroatoms. The molecule has 0 amide bonds. The number of para-hydroxylation sites is 1. The van der Waals surface area contributed by atoms with Crippen molar-refractivity contribution in [3.8, 4) is 0 Å². The highest BCUT2D eigenvalue weighted by atomic mass is 32.2. The molecule has 5 nitrogen and oxygen atoms in total. The summed E-state index contributed by atoms with van der Waals surface area (Å²) in [5.41, 5.74) is 6.39. The van der Waals surface area contributed by atoms with E-state index in [0.29, 0.717) is 10.9 Å². The third kappa shape index (κ3) is 2.95. The maximum Gasteiger partial charge on any atom is 0.244 e. The van der Waals surface area contributed by atoms with Crippen molar-refractivity contribution < 1.29 is 13.2 Å². The molecule has 1 heterocycles. The van der Waals surface area contributed by atoms with Crippen LogP contribution in [0.15, 0.2) is 28.0 Å². The lowest BCUT2D eigenvalue weighted by Crippen LogP contribution is -2.23. The zero-order valence-electron chi connectivity index (χ0n) is 11.9. The fourth-order valence-corrected chi connectivity index (χ4v) is 4.38. The highest BCUT2D eigenvalue weighted by Gasteiger charge is 2.27. The van der Waals surface area contributed by atoms with Crippen molar-refractivity contribution in [3.05, 3.63) is 18.2 Å². The minimum absolute atomic E-state index is 0.161. The summed E-state index contributed by atoms with van der Waals surface area (Å²) in [4.78, 5) is 0.967. The number of hydrogen-bond donors (Lipinski definition) is 1. The number of nitrogens with zero attached hydrogens (tertiary/aromatic N) is 1. The summed E-state index contributed by atoms with van der Waals surface area (Å²) in [6, 6.07) is 5.14. The average Bonchev–Trinajstić information content (AvgIpc) is 2.77. The molecule has 0 radical (unpaired) electrons. The van der Waals surface area contributed by atoms with Gasteiger partial charge in [0.15, 0.2) is 0 Å². The summed E-state index contributed by atoms with van der Waals surface area (Å²) in [7, 11) is -0.511. The number of sulfonamides is 1. The maximum absolute atomic E-state index is 12.2. The SMILES string of the molecule is CC1OCCC1Sc1cccc(S(=O)(=O)N(C)C)c1N. The molecule has 1 aliphatic heterocycles. The topological polar surface area (TPSA) is 72.6 Å². The molecule has 1 fully saturated rings. The molecule has 2 N–H and O–H groups in total. The predicted octanol–water partition coefficient (Wildman–Crippen LogP) is 1.79. The Bertz CT molecular complexity index is 587. The van der Waals surface area contributed by atoms with Crippen molar-refractivity contribution in [2.24, 2.45) is 0 Å². The van der Waals surface area contributed by atoms with Crippen LogP contribution in [0.1, 0.15) is 13.3 Å². The van der Waals surface area contributed by atoms with E-state index in [4.69, 9.17) is 10.5 Å². The van der Waals surface area contributed by atoms with Crippen molar-refractivity contribution in [3.63, 3.8) is 0 Å². The lowest BCUT2D eigenvalue weighted by Gasteiger charge is -2.18. The molecule has 0 spiro atoms. The molecule has 20 heavy (non-hydrogen) atoms. The fourth-order valence-electron chi connectivity index (χ4n) is 2.08. The molecule has 2 atom stereocenters. The highest BCUT2D eigenvalue weighted by Crippen LogP contribution is 2.38. The van der Waals surface area contributed by atoms with Gasteiger partial charge in [0, 0.05) is 30.8 Å². The molecule has 112 valence electrons. The predicted molar refractivity (Wildman–Crippen MR) is 81.4 cm³/mol. The molecule has 1 aliphatic rings. The molecule has 2 rings (SSSR count). The number of nitrogens with two attached hydrogens (primary N) is 1. The molecule has 1 aromatic rings. The number of nitrogen functional groups attached to an aromatic ring is 1. The van der Waals surface area contributed by atoms with Gasteiger partial charge in [0.2, 0.25) is 10.0 Å². The van der Waals surface area contributed by atoms with Crippen LogP contribution in [0, 0.1) is 0 Å². The number of benzene rings is 1. The van der Waals surface area contributed by atoms with Crippen LogP contribution in [0.3, 0.4) is 0 Å². The monoisotopic (exact) mass is 316 g/mol. The number of rotatable bonds is 4. The van der Waals surface area contributed by atoms with Crippen LogP contribution in [0.25, 0.3) is 0 Å². The van der Waals surface area contributed by atoms with E-state index in [1.165, 1.54) is 18.4 Å². The minimum atomic E-state index is -3.51. The second-order valence-electron chi connectivity index (χ2n) is 4.98. The zero-order chi connectivity index (χ0) is 14.9. The van der Waals surface area contributed by atoms with E-state index in [2.05, 4.69) is 0 Å². The molecule has 1 saturated heterocycles. The van der Waals surface area contributed by atoms with E-state index < -0.39 is 10.0 Å². The van der Waals surface area contributed by atoms with E-state index >= 15 is 0 Å². The maximum atomic E-state index is 12.2. The normalized spacial score (nSPS) is 23.4. The van der Waals surface area contributed by atoms with Gasteiger partial charge in [-0.15, -0.1) is 11.8 Å². The van der Waals surface area contributed by atoms with Crippen LogP contribution in [0.4, 0.5) is 5.69 Å². The van der Waals surface area contributed by atoms with Crippen molar-refractivity contribution >= 4 is 27.5 Å². The van der Waals surface area contributed by atoms with Gasteiger partial charge in [-0.3, -0.25) is 0 Å². The van der Waals surface area contributed by atoms with Crippen LogP contribution in [0.5, 0.6) is 0 Å². The van der Waals surface area contributed by atoms with Crippen molar-refractivity contribution in [2.75, 3.05) is 26.4 Å². The summed E-state index contributed by atoms with van der Waals surface area (Å²) in [6.07, 6.45) is 1.11. The van der Waals surface area contributed by atoms with E-state index in [-0.39, 0.29) is 11.0 Å². The van der Waals surface area contributed by atoms with Gasteiger partial charge in [-0.25, -0.2) is 12.7 Å². The first-order valence-electron chi connectivity index (χ1n) is 6.43. The molecule has 0 bridgehead atoms. The van der Waals surface area contributed by atoms with E-state index in [0.717, 1.165) is 17.9 Å². The molecule has 2 unspecified atom stereocenters. The first-order valence-corrected chi connectivity index (χ1v) is 8.75. The van der Waals surface area contributed by atoms with Crippen LogP contribution in [-0.4, -0.2) is 44.8 Å². The molecule has 1 aromatic carbocycles. The third-order valence-electron chi connectivity index (χ3n) is 3.37. The molecule has 0 aliphatic carbocycles. The summed E-state index contributed by atoms with van der Waals surface area (Å²) in [5.74, 6) is 0. The van der Waals surface area contributed by atoms with Gasteiger partial charge in [-0.1, -0.05) is 6.07 Å². The Kier molecular flexibility index (Phi) is 4.63. The first-order chi connectivity index (χ1) is 9.34. The number of hydrogen-bond acceptors (Lipinski definition) is 5. The molecule has 0 saturated carbocycles. The summed E-state index contributed by atoms with van der Waals surface area (Å²) in [6.45, 7) is 2.77. The van der Waals surface area contributed by atoms with Crippen LogP contribution < -0.4 is 5.73 Å². The minimum Gasteiger partial charge on any atom is -0.397 e. The smallest absolute Gasteiger partial charge is 0.244 e. The Hall–Kier alpha value is -0.760. The Morgan fingerprint density at radius 3 is 2.65 bits per heavy atom. The van der Waals surface area contributed by atoms with Crippen LogP contribution in [-0.2, 0) is 14.8 Å². The summed E-state index contributed by atoms with van der Waals surface area (Å²) >= 11 is 1.59. The average molecular weight is 316 g/mol. The second-order valence-corrected chi connectivity index (χ2v) is 8.38. The van der Waals surface area contributed by atoms with Gasteiger partial charge in [0.25, 0.3) is 0 Å². The first kappa shape index (κ1) is 15.6. The van der Waals surface area contributed by atoms with Gasteiger partial charge >= 0.3 is 0 Å². The van der Waals surface area contributed by atoms with Crippen molar-refractivity contribution in [2.45, 2.75) is 34.5 Å². The fraction of sp³-hybridized carbons (Fsp3) is 0.538. The second kappa shape index (κ2) is 5.93. The molecular weight excluding hydrogens is 296 g/mol. The van der Waals surface area contributed by atoms with Gasteiger partial charge in [0.1, 0.15) is 4.90 Å². The standard InChI is InChI=1S/C13H20N2O3S2/c1-9-10(7-8-18-9)19-11-5-4-6-12(13(11)14)20(16,17)15(2)3/h4-6,9-10H,7-8,14H2,1-3H3. The van der Waals surface area contributed by atoms with Crippen molar-refractivity contribution in [1.82, 2.24) is 4.31 Å². The van der Waals surface area contributed by atoms with Gasteiger partial charge < -0.3 is 10.5 Å². The third-order valence-corrected chi connectivity index (χ3v) is 6.77. The molecular formula is C13H20N2O3S2. The van der Waals surface area contributed by atoms with Crippen molar-refractivity contribution in [1.29, 1.82) is 0 Å². The number of anilines is 1. The lowest BCUT2D eigenvalue weighted by atomic mass is 10.3. The largest absolute Gasteiger partial charge is 0.397 e. The summed E-state index contributed by atoms with van der Waals surface area (Å²) < 4.78 is 31.1. The lowest BCUT2D eigenvalue weighted by molar-refractivity contribution is 0.127. The zero-order valence-corrected chi connectivity index (χ0v) is 13.5. The Morgan fingerprint density at radius 2 is 2.10 bits per heavy atom. The van der Waals surface area contributed by atoms with Crippen LogP contribution >= 0.6 is 11.8 Å². The Morgan fingerprint density at radius 1 is 1.40 bits per heavy atom. The number of ether oxygens (including phenoxy) is 1. The van der Waals surface area contributed by atoms with Crippen LogP contribution in [0.2, 0.25) is 0 Å². The van der Waals surface area contributed by atoms with Gasteiger partial charge in [-0.05, 0) is 25.5 Å². The Balaban J connectivity index is 2.33.